The number of hydrogen-bond donors (Lipinski definition) is 1. The first-order valence-corrected chi connectivity index (χ1v) is 8.60. The van der Waals surface area contributed by atoms with Crippen LogP contribution in [0.25, 0.3) is 11.0 Å². The Morgan fingerprint density at radius 2 is 2.20 bits per heavy atom. The first kappa shape index (κ1) is 17.3. The molecule has 0 amide bonds. The largest absolute Gasteiger partial charge is 0.480 e. The molecule has 1 atom stereocenters. The van der Waals surface area contributed by atoms with E-state index in [0.717, 1.165) is 36.1 Å². The molecule has 2 heterocycles. The van der Waals surface area contributed by atoms with Gasteiger partial charge in [0.2, 0.25) is 0 Å². The first-order valence-electron chi connectivity index (χ1n) is 8.60. The number of rotatable bonds is 5. The topological polar surface area (TPSA) is 84.7 Å². The van der Waals surface area contributed by atoms with Gasteiger partial charge in [0.05, 0.1) is 23.6 Å². The second kappa shape index (κ2) is 7.13. The normalized spacial score (nSPS) is 17.7. The average Bonchev–Trinajstić information content (AvgIpc) is 2.89. The molecule has 1 fully saturated rings. The van der Waals surface area contributed by atoms with Crippen LogP contribution in [-0.4, -0.2) is 46.3 Å². The Labute approximate surface area is 146 Å². The lowest BCUT2D eigenvalue weighted by molar-refractivity contribution is -0.148. The maximum absolute atomic E-state index is 12.0. The molecule has 0 spiro atoms. The highest BCUT2D eigenvalue weighted by atomic mass is 16.5. The minimum Gasteiger partial charge on any atom is -0.480 e. The summed E-state index contributed by atoms with van der Waals surface area (Å²) in [4.78, 5) is 29.7. The highest BCUT2D eigenvalue weighted by Gasteiger charge is 2.27. The average molecular weight is 345 g/mol. The zero-order valence-corrected chi connectivity index (χ0v) is 14.6. The summed E-state index contributed by atoms with van der Waals surface area (Å²) >= 11 is 0. The van der Waals surface area contributed by atoms with Crippen molar-refractivity contribution >= 4 is 28.7 Å². The predicted molar refractivity (Wildman–Crippen MR) is 93.7 cm³/mol. The molecule has 3 rings (SSSR count). The lowest BCUT2D eigenvalue weighted by Crippen LogP contribution is -2.39. The van der Waals surface area contributed by atoms with Crippen LogP contribution in [0.5, 0.6) is 0 Å². The van der Waals surface area contributed by atoms with E-state index in [1.165, 1.54) is 0 Å². The Morgan fingerprint density at radius 3 is 2.92 bits per heavy atom. The summed E-state index contributed by atoms with van der Waals surface area (Å²) in [6, 6.07) is 5.84. The number of hydrogen-bond acceptors (Lipinski definition) is 5. The fourth-order valence-corrected chi connectivity index (χ4v) is 3.43. The number of aromatic nitrogens is 2. The summed E-state index contributed by atoms with van der Waals surface area (Å²) in [5.74, 6) is -0.442. The van der Waals surface area contributed by atoms with Gasteiger partial charge in [-0.1, -0.05) is 0 Å². The highest BCUT2D eigenvalue weighted by Crippen LogP contribution is 2.27. The molecule has 1 saturated heterocycles. The van der Waals surface area contributed by atoms with Crippen LogP contribution in [-0.2, 0) is 20.9 Å². The Balaban J connectivity index is 1.84. The number of carbonyl (C=O) groups excluding carboxylic acids is 1. The molecule has 25 heavy (non-hydrogen) atoms. The van der Waals surface area contributed by atoms with E-state index in [4.69, 9.17) is 9.84 Å². The molecule has 0 aliphatic carbocycles. The molecule has 1 aromatic heterocycles. The molecule has 1 aromatic carbocycles. The molecule has 0 bridgehead atoms. The van der Waals surface area contributed by atoms with Crippen molar-refractivity contribution in [1.82, 2.24) is 9.55 Å². The van der Waals surface area contributed by atoms with Crippen molar-refractivity contribution < 1.29 is 19.4 Å². The fraction of sp³-hybridized carbons (Fsp3) is 0.500. The minimum atomic E-state index is -0.889. The van der Waals surface area contributed by atoms with Crippen molar-refractivity contribution in [2.75, 3.05) is 24.6 Å². The van der Waals surface area contributed by atoms with Gasteiger partial charge in [0.25, 0.3) is 0 Å². The van der Waals surface area contributed by atoms with E-state index in [1.54, 1.807) is 11.5 Å². The third-order valence-electron chi connectivity index (χ3n) is 4.62. The fourth-order valence-electron chi connectivity index (χ4n) is 3.43. The van der Waals surface area contributed by atoms with Gasteiger partial charge in [-0.3, -0.25) is 9.59 Å². The summed E-state index contributed by atoms with van der Waals surface area (Å²) in [5.41, 5.74) is 2.58. The molecular weight excluding hydrogens is 322 g/mol. The molecule has 0 saturated carbocycles. The van der Waals surface area contributed by atoms with Gasteiger partial charge in [0.15, 0.2) is 0 Å². The number of benzene rings is 1. The molecular formula is C18H23N3O4. The summed E-state index contributed by atoms with van der Waals surface area (Å²) in [7, 11) is 0. The zero-order chi connectivity index (χ0) is 18.0. The molecule has 7 heteroatoms. The molecule has 2 aromatic rings. The van der Waals surface area contributed by atoms with Gasteiger partial charge in [0, 0.05) is 18.8 Å². The number of piperidine rings is 1. The predicted octanol–water partition coefficient (Wildman–Crippen LogP) is 2.21. The van der Waals surface area contributed by atoms with Crippen LogP contribution in [0.4, 0.5) is 5.69 Å². The third kappa shape index (κ3) is 3.60. The highest BCUT2D eigenvalue weighted by molar-refractivity contribution is 5.82. The number of esters is 1. The second-order valence-corrected chi connectivity index (χ2v) is 6.35. The van der Waals surface area contributed by atoms with Crippen molar-refractivity contribution in [2.24, 2.45) is 5.92 Å². The Kier molecular flexibility index (Phi) is 4.92. The number of nitrogens with zero attached hydrogens (tertiary/aromatic N) is 3. The van der Waals surface area contributed by atoms with Gasteiger partial charge in [-0.25, -0.2) is 4.98 Å². The van der Waals surface area contributed by atoms with Crippen molar-refractivity contribution in [2.45, 2.75) is 33.2 Å². The smallest absolute Gasteiger partial charge is 0.323 e. The van der Waals surface area contributed by atoms with E-state index in [9.17, 15) is 9.59 Å². The quantitative estimate of drug-likeness (QED) is 0.837. The van der Waals surface area contributed by atoms with E-state index in [2.05, 4.69) is 9.88 Å². The van der Waals surface area contributed by atoms with Crippen molar-refractivity contribution in [3.63, 3.8) is 0 Å². The lowest BCUT2D eigenvalue weighted by atomic mass is 9.97. The Bertz CT molecular complexity index is 799. The van der Waals surface area contributed by atoms with Crippen LogP contribution in [0.1, 0.15) is 25.6 Å². The van der Waals surface area contributed by atoms with Crippen LogP contribution in [0.15, 0.2) is 18.2 Å². The van der Waals surface area contributed by atoms with Gasteiger partial charge >= 0.3 is 11.9 Å². The van der Waals surface area contributed by atoms with Crippen molar-refractivity contribution in [3.05, 3.63) is 24.0 Å². The van der Waals surface area contributed by atoms with Crippen LogP contribution in [0, 0.1) is 12.8 Å². The number of aliphatic carboxylic acids is 1. The monoisotopic (exact) mass is 345 g/mol. The van der Waals surface area contributed by atoms with Gasteiger partial charge in [0.1, 0.15) is 12.4 Å². The van der Waals surface area contributed by atoms with Crippen molar-refractivity contribution in [3.8, 4) is 0 Å². The van der Waals surface area contributed by atoms with E-state index < -0.39 is 5.97 Å². The maximum atomic E-state index is 12.0. The summed E-state index contributed by atoms with van der Waals surface area (Å²) in [5, 5.41) is 9.05. The van der Waals surface area contributed by atoms with E-state index >= 15 is 0 Å². The van der Waals surface area contributed by atoms with Crippen molar-refractivity contribution in [1.29, 1.82) is 0 Å². The number of ether oxygens (including phenoxy) is 1. The first-order chi connectivity index (χ1) is 12.0. The molecule has 1 aliphatic rings. The second-order valence-electron chi connectivity index (χ2n) is 6.35. The van der Waals surface area contributed by atoms with Gasteiger partial charge in [-0.2, -0.15) is 0 Å². The zero-order valence-electron chi connectivity index (χ0n) is 14.6. The Morgan fingerprint density at radius 1 is 1.40 bits per heavy atom. The number of fused-ring (bicyclic) bond motifs is 1. The summed E-state index contributed by atoms with van der Waals surface area (Å²) < 4.78 is 6.85. The van der Waals surface area contributed by atoms with E-state index in [-0.39, 0.29) is 18.4 Å². The number of anilines is 1. The van der Waals surface area contributed by atoms with E-state index in [0.29, 0.717) is 19.0 Å². The van der Waals surface area contributed by atoms with Crippen LogP contribution < -0.4 is 4.90 Å². The lowest BCUT2D eigenvalue weighted by Gasteiger charge is -2.33. The number of imidazole rings is 1. The Hall–Kier alpha value is -2.57. The van der Waals surface area contributed by atoms with Gasteiger partial charge in [-0.15, -0.1) is 0 Å². The molecule has 1 aliphatic heterocycles. The minimum absolute atomic E-state index is 0.101. The standard InChI is InChI=1S/C18H23N3O4/c1-3-25-18(24)13-5-4-8-20(10-13)14-6-7-16-15(9-14)19-12(2)21(16)11-17(22)23/h6-7,9,13H,3-5,8,10-11H2,1-2H3,(H,22,23). The van der Waals surface area contributed by atoms with Gasteiger partial charge in [-0.05, 0) is 44.9 Å². The third-order valence-corrected chi connectivity index (χ3v) is 4.62. The number of carbonyl (C=O) groups is 2. The molecule has 134 valence electrons. The number of carboxylic acids is 1. The summed E-state index contributed by atoms with van der Waals surface area (Å²) in [6.45, 7) is 5.45. The van der Waals surface area contributed by atoms with E-state index in [1.807, 2.05) is 25.1 Å². The SMILES string of the molecule is CCOC(=O)C1CCCN(c2ccc3c(c2)nc(C)n3CC(=O)O)C1. The molecule has 1 unspecified atom stereocenters. The number of aryl methyl sites for hydroxylation is 1. The molecule has 1 N–H and O–H groups in total. The van der Waals surface area contributed by atoms with Crippen LogP contribution in [0.2, 0.25) is 0 Å². The van der Waals surface area contributed by atoms with Crippen LogP contribution >= 0.6 is 0 Å². The van der Waals surface area contributed by atoms with Gasteiger partial charge < -0.3 is 19.3 Å². The van der Waals surface area contributed by atoms with Crippen LogP contribution in [0.3, 0.4) is 0 Å². The maximum Gasteiger partial charge on any atom is 0.323 e. The molecule has 0 radical (unpaired) electrons. The molecule has 7 nitrogen and oxygen atoms in total. The summed E-state index contributed by atoms with van der Waals surface area (Å²) in [6.07, 6.45) is 1.79. The number of carboxylic acid groups (broad SMARTS) is 1.